The fourth-order valence-corrected chi connectivity index (χ4v) is 2.92. The fourth-order valence-electron chi connectivity index (χ4n) is 2.92. The largest absolute Gasteiger partial charge is 0.490 e. The topological polar surface area (TPSA) is 90.3 Å². The number of carbonyl (C=O) groups is 2. The number of likely N-dealkylation sites (N-methyl/N-ethyl adjacent to an activating group) is 1. The van der Waals surface area contributed by atoms with E-state index in [0.717, 1.165) is 38.3 Å². The molecular weight excluding hydrogens is 393 g/mol. The van der Waals surface area contributed by atoms with Crippen molar-refractivity contribution in [2.45, 2.75) is 38.8 Å². The third-order valence-corrected chi connectivity index (χ3v) is 4.19. The first-order valence-corrected chi connectivity index (χ1v) is 9.07. The molecule has 0 spiro atoms. The van der Waals surface area contributed by atoms with Crippen LogP contribution in [0, 0.1) is 0 Å². The lowest BCUT2D eigenvalue weighted by Gasteiger charge is -2.36. The highest BCUT2D eigenvalue weighted by molar-refractivity contribution is 5.87. The van der Waals surface area contributed by atoms with Crippen LogP contribution in [0.1, 0.15) is 29.8 Å². The third-order valence-electron chi connectivity index (χ3n) is 4.19. The molecule has 0 saturated carbocycles. The lowest BCUT2D eigenvalue weighted by molar-refractivity contribution is -0.192. The van der Waals surface area contributed by atoms with E-state index in [-0.39, 0.29) is 0 Å². The molecule has 0 unspecified atom stereocenters. The van der Waals surface area contributed by atoms with Gasteiger partial charge in [0, 0.05) is 32.7 Å². The van der Waals surface area contributed by atoms with Gasteiger partial charge in [0.05, 0.1) is 17.8 Å². The molecule has 2 atom stereocenters. The number of morpholine rings is 1. The minimum atomic E-state index is -5.08. The lowest BCUT2D eigenvalue weighted by atomic mass is 10.1. The Morgan fingerprint density at radius 1 is 1.14 bits per heavy atom. The number of hydrogen-bond donors (Lipinski definition) is 2. The molecule has 1 fully saturated rings. The van der Waals surface area contributed by atoms with Gasteiger partial charge in [0.15, 0.2) is 0 Å². The van der Waals surface area contributed by atoms with Crippen molar-refractivity contribution in [1.82, 2.24) is 9.80 Å². The van der Waals surface area contributed by atoms with E-state index in [2.05, 4.69) is 30.7 Å². The third kappa shape index (κ3) is 9.73. The molecule has 10 heteroatoms. The molecule has 1 aliphatic heterocycles. The number of alkyl halides is 3. The highest BCUT2D eigenvalue weighted by Crippen LogP contribution is 2.13. The summed E-state index contributed by atoms with van der Waals surface area (Å²) in [7, 11) is 2.10. The van der Waals surface area contributed by atoms with E-state index in [4.69, 9.17) is 19.7 Å². The lowest BCUT2D eigenvalue weighted by Crippen LogP contribution is -2.47. The molecule has 1 aromatic rings. The SMILES string of the molecule is C[C@@H]1CN(CCN(C)Cc2ccc(C(=O)O)cc2)C[C@H](C)O1.O=C(O)C(F)(F)F. The summed E-state index contributed by atoms with van der Waals surface area (Å²) >= 11 is 0. The van der Waals surface area contributed by atoms with Gasteiger partial charge in [-0.05, 0) is 38.6 Å². The van der Waals surface area contributed by atoms with Crippen molar-refractivity contribution in [2.24, 2.45) is 0 Å². The monoisotopic (exact) mass is 420 g/mol. The molecule has 0 aliphatic carbocycles. The molecule has 1 heterocycles. The molecule has 1 saturated heterocycles. The van der Waals surface area contributed by atoms with Crippen LogP contribution < -0.4 is 0 Å². The fraction of sp³-hybridized carbons (Fsp3) is 0.579. The van der Waals surface area contributed by atoms with E-state index in [9.17, 15) is 18.0 Å². The van der Waals surface area contributed by atoms with Gasteiger partial charge in [0.25, 0.3) is 0 Å². The number of nitrogens with zero attached hydrogens (tertiary/aromatic N) is 2. The van der Waals surface area contributed by atoms with Gasteiger partial charge in [0.1, 0.15) is 0 Å². The van der Waals surface area contributed by atoms with Crippen LogP contribution in [0.2, 0.25) is 0 Å². The van der Waals surface area contributed by atoms with Crippen LogP contribution in [-0.2, 0) is 16.1 Å². The van der Waals surface area contributed by atoms with Crippen molar-refractivity contribution in [3.8, 4) is 0 Å². The Morgan fingerprint density at radius 3 is 2.03 bits per heavy atom. The second kappa shape index (κ2) is 11.1. The second-order valence-electron chi connectivity index (χ2n) is 7.06. The summed E-state index contributed by atoms with van der Waals surface area (Å²) in [6, 6.07) is 7.10. The van der Waals surface area contributed by atoms with Gasteiger partial charge in [-0.2, -0.15) is 13.2 Å². The first-order chi connectivity index (χ1) is 13.4. The maximum absolute atomic E-state index is 10.8. The highest BCUT2D eigenvalue weighted by atomic mass is 19.4. The zero-order chi connectivity index (χ0) is 22.2. The molecule has 1 aliphatic rings. The first kappa shape index (κ1) is 24.9. The molecule has 0 radical (unpaired) electrons. The molecule has 7 nitrogen and oxygen atoms in total. The Balaban J connectivity index is 0.000000516. The summed E-state index contributed by atoms with van der Waals surface area (Å²) in [6.07, 6.45) is -4.48. The van der Waals surface area contributed by atoms with Gasteiger partial charge in [-0.25, -0.2) is 9.59 Å². The van der Waals surface area contributed by atoms with Crippen LogP contribution in [0.15, 0.2) is 24.3 Å². The van der Waals surface area contributed by atoms with Gasteiger partial charge < -0.3 is 19.8 Å². The van der Waals surface area contributed by atoms with Crippen molar-refractivity contribution >= 4 is 11.9 Å². The Bertz CT molecular complexity index is 657. The predicted molar refractivity (Wildman–Crippen MR) is 99.9 cm³/mol. The molecule has 164 valence electrons. The molecular formula is C19H27F3N2O5. The van der Waals surface area contributed by atoms with E-state index in [1.165, 1.54) is 0 Å². The minimum absolute atomic E-state index is 0.303. The number of carboxylic acids is 2. The number of aromatic carboxylic acids is 1. The summed E-state index contributed by atoms with van der Waals surface area (Å²) in [4.78, 5) is 24.4. The molecule has 0 aromatic heterocycles. The number of hydrogen-bond acceptors (Lipinski definition) is 5. The molecule has 0 bridgehead atoms. The second-order valence-corrected chi connectivity index (χ2v) is 7.06. The highest BCUT2D eigenvalue weighted by Gasteiger charge is 2.38. The van der Waals surface area contributed by atoms with Gasteiger partial charge in [-0.15, -0.1) is 0 Å². The zero-order valence-corrected chi connectivity index (χ0v) is 16.6. The number of carboxylic acid groups (broad SMARTS) is 2. The van der Waals surface area contributed by atoms with Crippen LogP contribution in [0.4, 0.5) is 13.2 Å². The van der Waals surface area contributed by atoms with E-state index in [1.54, 1.807) is 12.1 Å². The average Bonchev–Trinajstić information content (AvgIpc) is 2.59. The minimum Gasteiger partial charge on any atom is -0.478 e. The Morgan fingerprint density at radius 2 is 1.62 bits per heavy atom. The van der Waals surface area contributed by atoms with Crippen LogP contribution in [0.5, 0.6) is 0 Å². The summed E-state index contributed by atoms with van der Waals surface area (Å²) in [5.74, 6) is -3.64. The average molecular weight is 420 g/mol. The van der Waals surface area contributed by atoms with Gasteiger partial charge in [-0.1, -0.05) is 12.1 Å². The van der Waals surface area contributed by atoms with Crippen LogP contribution in [0.3, 0.4) is 0 Å². The summed E-state index contributed by atoms with van der Waals surface area (Å²) in [6.45, 7) is 9.07. The van der Waals surface area contributed by atoms with E-state index >= 15 is 0 Å². The number of aliphatic carboxylic acids is 1. The Labute approximate surface area is 167 Å². The van der Waals surface area contributed by atoms with Gasteiger partial charge >= 0.3 is 18.1 Å². The summed E-state index contributed by atoms with van der Waals surface area (Å²) in [5, 5.41) is 16.0. The van der Waals surface area contributed by atoms with E-state index in [0.29, 0.717) is 17.8 Å². The van der Waals surface area contributed by atoms with E-state index < -0.39 is 18.1 Å². The number of rotatable bonds is 6. The number of halogens is 3. The summed E-state index contributed by atoms with van der Waals surface area (Å²) < 4.78 is 37.5. The molecule has 1 aromatic carbocycles. The van der Waals surface area contributed by atoms with Crippen LogP contribution in [-0.4, -0.2) is 83.6 Å². The Kier molecular flexibility index (Phi) is 9.54. The molecule has 29 heavy (non-hydrogen) atoms. The maximum atomic E-state index is 10.8. The number of ether oxygens (including phenoxy) is 1. The molecule has 0 amide bonds. The standard InChI is InChI=1S/C17H26N2O3.C2HF3O2/c1-13-10-19(11-14(2)22-13)9-8-18(3)12-15-4-6-16(7-5-15)17(20)21;3-2(4,5)1(6)7/h4-7,13-14H,8-12H2,1-3H3,(H,20,21);(H,6,7)/t13-,14+;. The zero-order valence-electron chi connectivity index (χ0n) is 16.6. The van der Waals surface area contributed by atoms with Gasteiger partial charge in [-0.3, -0.25) is 4.90 Å². The molecule has 2 N–H and O–H groups in total. The summed E-state index contributed by atoms with van der Waals surface area (Å²) in [5.41, 5.74) is 1.47. The normalized spacial score (nSPS) is 20.1. The van der Waals surface area contributed by atoms with Crippen LogP contribution in [0.25, 0.3) is 0 Å². The Hall–Kier alpha value is -2.17. The van der Waals surface area contributed by atoms with E-state index in [1.807, 2.05) is 12.1 Å². The van der Waals surface area contributed by atoms with Crippen molar-refractivity contribution in [2.75, 3.05) is 33.2 Å². The van der Waals surface area contributed by atoms with Crippen molar-refractivity contribution in [1.29, 1.82) is 0 Å². The predicted octanol–water partition coefficient (Wildman–Crippen LogP) is 2.56. The smallest absolute Gasteiger partial charge is 0.478 e. The van der Waals surface area contributed by atoms with Crippen LogP contribution >= 0.6 is 0 Å². The number of benzene rings is 1. The molecule has 2 rings (SSSR count). The van der Waals surface area contributed by atoms with Crippen molar-refractivity contribution in [3.05, 3.63) is 35.4 Å². The van der Waals surface area contributed by atoms with Crippen molar-refractivity contribution in [3.63, 3.8) is 0 Å². The maximum Gasteiger partial charge on any atom is 0.490 e. The quantitative estimate of drug-likeness (QED) is 0.731. The first-order valence-electron chi connectivity index (χ1n) is 9.07. The van der Waals surface area contributed by atoms with Gasteiger partial charge in [0.2, 0.25) is 0 Å². The van der Waals surface area contributed by atoms with Crippen molar-refractivity contribution < 1.29 is 37.7 Å².